The molecule has 4 rings (SSSR count). The fourth-order valence-electron chi connectivity index (χ4n) is 3.79. The van der Waals surface area contributed by atoms with E-state index >= 15 is 0 Å². The van der Waals surface area contributed by atoms with Gasteiger partial charge in [-0.15, -0.1) is 12.4 Å². The monoisotopic (exact) mass is 364 g/mol. The zero-order chi connectivity index (χ0) is 16.5. The van der Waals surface area contributed by atoms with Crippen LogP contribution in [0.1, 0.15) is 65.5 Å². The van der Waals surface area contributed by atoms with Crippen molar-refractivity contribution in [2.75, 3.05) is 11.9 Å². The Hall–Kier alpha value is -1.86. The first-order valence-electron chi connectivity index (χ1n) is 8.84. The normalized spacial score (nSPS) is 17.6. The van der Waals surface area contributed by atoms with E-state index in [1.807, 2.05) is 13.1 Å². The number of rotatable bonds is 3. The van der Waals surface area contributed by atoms with Crippen molar-refractivity contribution in [3.63, 3.8) is 0 Å². The van der Waals surface area contributed by atoms with Crippen molar-refractivity contribution >= 4 is 24.1 Å². The van der Waals surface area contributed by atoms with Crippen molar-refractivity contribution in [1.29, 1.82) is 0 Å². The van der Waals surface area contributed by atoms with Crippen molar-refractivity contribution in [3.05, 3.63) is 28.7 Å². The molecule has 3 N–H and O–H groups in total. The summed E-state index contributed by atoms with van der Waals surface area (Å²) in [6.45, 7) is 1.61. The molecule has 1 fully saturated rings. The summed E-state index contributed by atoms with van der Waals surface area (Å²) in [5.74, 6) is 1.09. The molecule has 0 radical (unpaired) electrons. The lowest BCUT2D eigenvalue weighted by Crippen LogP contribution is -2.25. The Kier molecular flexibility index (Phi) is 5.44. The van der Waals surface area contributed by atoms with Crippen LogP contribution >= 0.6 is 12.4 Å². The molecular formula is C17H25ClN6O. The number of hydrogen-bond acceptors (Lipinski definition) is 4. The molecule has 2 aliphatic rings. The minimum absolute atomic E-state index is 0. The number of halogens is 1. The van der Waals surface area contributed by atoms with E-state index < -0.39 is 0 Å². The molecule has 1 aliphatic heterocycles. The molecule has 8 heteroatoms. The van der Waals surface area contributed by atoms with E-state index in [-0.39, 0.29) is 18.3 Å². The van der Waals surface area contributed by atoms with E-state index in [2.05, 4.69) is 25.9 Å². The molecule has 136 valence electrons. The summed E-state index contributed by atoms with van der Waals surface area (Å²) in [7, 11) is 1.88. The highest BCUT2D eigenvalue weighted by molar-refractivity contribution is 6.03. The van der Waals surface area contributed by atoms with Crippen molar-refractivity contribution in [3.8, 4) is 0 Å². The lowest BCUT2D eigenvalue weighted by molar-refractivity contribution is 0.102. The van der Waals surface area contributed by atoms with Crippen LogP contribution in [-0.4, -0.2) is 32.4 Å². The van der Waals surface area contributed by atoms with Crippen LogP contribution in [0, 0.1) is 0 Å². The second-order valence-corrected chi connectivity index (χ2v) is 6.82. The first-order valence-corrected chi connectivity index (χ1v) is 8.84. The van der Waals surface area contributed by atoms with Crippen molar-refractivity contribution in [2.45, 2.75) is 51.0 Å². The Bertz CT molecular complexity index is 746. The third-order valence-electron chi connectivity index (χ3n) is 5.19. The summed E-state index contributed by atoms with van der Waals surface area (Å²) >= 11 is 0. The first kappa shape index (κ1) is 17.9. The second kappa shape index (κ2) is 7.58. The Morgan fingerprint density at radius 3 is 2.92 bits per heavy atom. The van der Waals surface area contributed by atoms with Crippen molar-refractivity contribution in [1.82, 2.24) is 25.3 Å². The summed E-state index contributed by atoms with van der Waals surface area (Å²) in [5.41, 5.74) is 3.62. The molecule has 1 aliphatic carbocycles. The molecule has 0 spiro atoms. The average Bonchev–Trinajstić information content (AvgIpc) is 3.20. The standard InChI is InChI=1S/C17H24N6O.ClH/c1-23-15(9-14(22-23)11-5-3-2-4-6-11)19-17(24)16-12-10-18-8-7-13(12)20-21-16;/h9,11,18H,2-8,10H2,1H3,(H,19,24)(H,20,21);1H. The number of aromatic amines is 1. The van der Waals surface area contributed by atoms with Gasteiger partial charge in [-0.1, -0.05) is 19.3 Å². The van der Waals surface area contributed by atoms with Crippen LogP contribution in [0.15, 0.2) is 6.07 Å². The number of nitrogens with zero attached hydrogens (tertiary/aromatic N) is 3. The van der Waals surface area contributed by atoms with Gasteiger partial charge < -0.3 is 10.6 Å². The fourth-order valence-corrected chi connectivity index (χ4v) is 3.79. The molecule has 1 saturated carbocycles. The molecule has 0 bridgehead atoms. The largest absolute Gasteiger partial charge is 0.312 e. The summed E-state index contributed by atoms with van der Waals surface area (Å²) < 4.78 is 1.76. The summed E-state index contributed by atoms with van der Waals surface area (Å²) in [4.78, 5) is 12.6. The molecule has 0 saturated heterocycles. The molecule has 3 heterocycles. The number of carbonyl (C=O) groups is 1. The number of H-pyrrole nitrogens is 1. The SMILES string of the molecule is Cl.Cn1nc(C2CCCCC2)cc1NC(=O)c1n[nH]c2c1CNCC2. The Labute approximate surface area is 153 Å². The third-order valence-corrected chi connectivity index (χ3v) is 5.19. The van der Waals surface area contributed by atoms with Crippen LogP contribution < -0.4 is 10.6 Å². The molecule has 25 heavy (non-hydrogen) atoms. The molecule has 2 aromatic rings. The van der Waals surface area contributed by atoms with Crippen molar-refractivity contribution in [2.24, 2.45) is 7.05 Å². The van der Waals surface area contributed by atoms with Gasteiger partial charge in [-0.3, -0.25) is 14.6 Å². The number of anilines is 1. The highest BCUT2D eigenvalue weighted by Gasteiger charge is 2.24. The summed E-state index contributed by atoms with van der Waals surface area (Å²) in [6, 6.07) is 2.02. The van der Waals surface area contributed by atoms with Crippen LogP contribution in [0.5, 0.6) is 0 Å². The molecule has 2 aromatic heterocycles. The zero-order valence-electron chi connectivity index (χ0n) is 14.5. The number of amides is 1. The van der Waals surface area contributed by atoms with Crippen LogP contribution in [0.25, 0.3) is 0 Å². The smallest absolute Gasteiger partial charge is 0.277 e. The molecule has 0 aromatic carbocycles. The Morgan fingerprint density at radius 2 is 2.12 bits per heavy atom. The van der Waals surface area contributed by atoms with E-state index in [4.69, 9.17) is 0 Å². The van der Waals surface area contributed by atoms with Crippen LogP contribution in [0.3, 0.4) is 0 Å². The van der Waals surface area contributed by atoms with Gasteiger partial charge >= 0.3 is 0 Å². The van der Waals surface area contributed by atoms with Gasteiger partial charge in [0.2, 0.25) is 0 Å². The van der Waals surface area contributed by atoms with Gasteiger partial charge in [-0.05, 0) is 12.8 Å². The second-order valence-electron chi connectivity index (χ2n) is 6.82. The Balaban J connectivity index is 0.00000182. The van der Waals surface area contributed by atoms with Gasteiger partial charge in [-0.25, -0.2) is 0 Å². The lowest BCUT2D eigenvalue weighted by atomic mass is 9.87. The molecule has 1 amide bonds. The molecule has 0 unspecified atom stereocenters. The zero-order valence-corrected chi connectivity index (χ0v) is 15.3. The lowest BCUT2D eigenvalue weighted by Gasteiger charge is -2.19. The highest BCUT2D eigenvalue weighted by atomic mass is 35.5. The maximum absolute atomic E-state index is 12.6. The van der Waals surface area contributed by atoms with Crippen LogP contribution in [-0.2, 0) is 20.0 Å². The minimum atomic E-state index is -0.172. The minimum Gasteiger partial charge on any atom is -0.312 e. The van der Waals surface area contributed by atoms with Crippen LogP contribution in [0.2, 0.25) is 0 Å². The predicted octanol–water partition coefficient (Wildman–Crippen LogP) is 2.51. The van der Waals surface area contributed by atoms with E-state index in [0.29, 0.717) is 18.2 Å². The number of nitrogens with one attached hydrogen (secondary N) is 3. The van der Waals surface area contributed by atoms with Gasteiger partial charge in [0.15, 0.2) is 5.69 Å². The molecular weight excluding hydrogens is 340 g/mol. The van der Waals surface area contributed by atoms with E-state index in [9.17, 15) is 4.79 Å². The van der Waals surface area contributed by atoms with Gasteiger partial charge in [0.1, 0.15) is 5.82 Å². The maximum Gasteiger partial charge on any atom is 0.277 e. The van der Waals surface area contributed by atoms with E-state index in [0.717, 1.165) is 35.7 Å². The predicted molar refractivity (Wildman–Crippen MR) is 98.2 cm³/mol. The quantitative estimate of drug-likeness (QED) is 0.780. The third kappa shape index (κ3) is 3.57. The highest BCUT2D eigenvalue weighted by Crippen LogP contribution is 2.32. The summed E-state index contributed by atoms with van der Waals surface area (Å²) in [5, 5.41) is 18.1. The van der Waals surface area contributed by atoms with Gasteiger partial charge in [0.25, 0.3) is 5.91 Å². The topological polar surface area (TPSA) is 87.6 Å². The molecule has 7 nitrogen and oxygen atoms in total. The number of carbonyl (C=O) groups excluding carboxylic acids is 1. The van der Waals surface area contributed by atoms with E-state index in [1.54, 1.807) is 4.68 Å². The fraction of sp³-hybridized carbons (Fsp3) is 0.588. The van der Waals surface area contributed by atoms with E-state index in [1.165, 1.54) is 32.1 Å². The molecule has 0 atom stereocenters. The van der Waals surface area contributed by atoms with Gasteiger partial charge in [0, 0.05) is 49.8 Å². The maximum atomic E-state index is 12.6. The first-order chi connectivity index (χ1) is 11.7. The summed E-state index contributed by atoms with van der Waals surface area (Å²) in [6.07, 6.45) is 7.15. The number of aromatic nitrogens is 4. The average molecular weight is 365 g/mol. The van der Waals surface area contributed by atoms with Gasteiger partial charge in [-0.2, -0.15) is 10.2 Å². The van der Waals surface area contributed by atoms with Crippen molar-refractivity contribution < 1.29 is 4.79 Å². The number of fused-ring (bicyclic) bond motifs is 1. The van der Waals surface area contributed by atoms with Gasteiger partial charge in [0.05, 0.1) is 5.69 Å². The number of hydrogen-bond donors (Lipinski definition) is 3. The van der Waals surface area contributed by atoms with Crippen LogP contribution in [0.4, 0.5) is 5.82 Å². The Morgan fingerprint density at radius 1 is 1.32 bits per heavy atom. The number of aryl methyl sites for hydroxylation is 1.